The number of rotatable bonds is 16. The number of ether oxygens (including phenoxy) is 8. The molecule has 14 N–H and O–H groups in total. The van der Waals surface area contributed by atoms with Crippen molar-refractivity contribution in [3.8, 4) is 0 Å². The van der Waals surface area contributed by atoms with Crippen molar-refractivity contribution in [3.63, 3.8) is 0 Å². The Hall–Kier alpha value is -1.18. The van der Waals surface area contributed by atoms with Gasteiger partial charge < -0.3 is 114 Å². The topological polar surface area (TPSA) is 380 Å². The van der Waals surface area contributed by atoms with Gasteiger partial charge in [0.1, 0.15) is 85.5 Å². The fourth-order valence-corrected chi connectivity index (χ4v) is 15.6. The molecule has 0 spiro atoms. The zero-order valence-corrected chi connectivity index (χ0v) is 45.9. The Labute approximate surface area is 450 Å². The molecular formula is C54H91O23-. The van der Waals surface area contributed by atoms with Gasteiger partial charge in [-0.3, -0.25) is 0 Å². The molecule has 0 amide bonds. The van der Waals surface area contributed by atoms with Crippen LogP contribution in [0.5, 0.6) is 0 Å². The van der Waals surface area contributed by atoms with Crippen molar-refractivity contribution in [1.29, 1.82) is 0 Å². The van der Waals surface area contributed by atoms with Crippen LogP contribution in [-0.4, -0.2) is 238 Å². The summed E-state index contributed by atoms with van der Waals surface area (Å²) in [6.07, 6.45) is -25.6. The minimum atomic E-state index is -1.81. The van der Waals surface area contributed by atoms with Gasteiger partial charge in [-0.2, -0.15) is 0 Å². The monoisotopic (exact) mass is 1110 g/mol. The molecule has 8 aliphatic rings. The van der Waals surface area contributed by atoms with E-state index in [1.165, 1.54) is 6.92 Å². The molecule has 30 atom stereocenters. The molecule has 23 heteroatoms. The highest BCUT2D eigenvalue weighted by Gasteiger charge is 2.70. The summed E-state index contributed by atoms with van der Waals surface area (Å²) < 4.78 is 47.6. The summed E-state index contributed by atoms with van der Waals surface area (Å²) in [7, 11) is 0. The summed E-state index contributed by atoms with van der Waals surface area (Å²) in [5, 5.41) is 163. The van der Waals surface area contributed by atoms with Crippen LogP contribution in [0.25, 0.3) is 0 Å². The number of fused-ring (bicyclic) bond motifs is 5. The third-order valence-corrected chi connectivity index (χ3v) is 20.7. The molecule has 7 fully saturated rings. The van der Waals surface area contributed by atoms with Crippen molar-refractivity contribution in [2.75, 3.05) is 19.8 Å². The van der Waals surface area contributed by atoms with Crippen molar-refractivity contribution in [1.82, 2.24) is 0 Å². The first kappa shape index (κ1) is 61.9. The van der Waals surface area contributed by atoms with E-state index in [1.807, 2.05) is 0 Å². The van der Waals surface area contributed by atoms with Gasteiger partial charge >= 0.3 is 0 Å². The van der Waals surface area contributed by atoms with Gasteiger partial charge in [-0.15, -0.1) is 6.61 Å². The molecule has 8 rings (SSSR count). The summed E-state index contributed by atoms with van der Waals surface area (Å²) >= 11 is 0. The lowest BCUT2D eigenvalue weighted by Gasteiger charge is -2.67. The normalized spacial score (nSPS) is 51.9. The lowest BCUT2D eigenvalue weighted by Crippen LogP contribution is -2.65. The second kappa shape index (κ2) is 23.1. The number of aliphatic hydroxyl groups excluding tert-OH is 13. The van der Waals surface area contributed by atoms with Gasteiger partial charge in [-0.05, 0) is 107 Å². The van der Waals surface area contributed by atoms with Gasteiger partial charge in [0.15, 0.2) is 25.2 Å². The SMILES string of the molecule is C[C@H](CC[C@@H](O[C@@H]1O[C@H](C)[C@@H](O)[C@H](O)[C@H]1O[C@H]1O[C@@H](CO)[C@H](O)[C@@H](O)[C@@H]1O)C(C)(C)O)C1CC[C@@]2(C)C3CC=C4C(CC[C@H](O[C@@H]5O[C@H](CO[C@H]6O[C@H](C[O-])[C@@H](O)[C@H](O)[C@H]6O)[C@@H](O)[C@H](O)[C@H]5O)C4(C)C)[C@]3(C)[C@H](O)C[C@]12C. The number of allylic oxidation sites excluding steroid dienone is 1. The molecule has 0 bridgehead atoms. The van der Waals surface area contributed by atoms with Crippen LogP contribution in [-0.2, 0) is 37.9 Å². The predicted molar refractivity (Wildman–Crippen MR) is 264 cm³/mol. The highest BCUT2D eigenvalue weighted by Crippen LogP contribution is 2.75. The van der Waals surface area contributed by atoms with Crippen LogP contribution >= 0.6 is 0 Å². The molecular weight excluding hydrogens is 1020 g/mol. The summed E-state index contributed by atoms with van der Waals surface area (Å²) in [4.78, 5) is 0. The molecule has 3 saturated carbocycles. The van der Waals surface area contributed by atoms with Crippen LogP contribution in [0.4, 0.5) is 0 Å². The molecule has 3 unspecified atom stereocenters. The standard InChI is InChI=1S/C54H91O23/c1-22(10-14-33(51(5,6)69)76-49-45(41(65)34(58)23(2)71-49)77-48-44(68)39(63)36(60)28(20-56)73-48)24-16-17-52(7)30-13-11-25-26(54(30,9)31(57)18-53(24,52)8)12-15-32(50(25,3)4)75-47-43(67)40(64)37(61)29(74-47)21-70-46-42(66)38(62)35(59)27(19-55)72-46/h11,22-24,26-49,56-69H,10,12-21H2,1-9H3/q-1/t22-,23-,24?,26?,27-,28+,29-,30?,31-,32+,33-,34-,35-,36+,37-,38+,39-,40+,41+,42-,43-,44+,45-,46+,47+,48-,49+,52+,53-,54+/m1/s1. The van der Waals surface area contributed by atoms with Gasteiger partial charge in [-0.1, -0.05) is 53.2 Å². The Morgan fingerprint density at radius 3 is 1.84 bits per heavy atom. The van der Waals surface area contributed by atoms with E-state index >= 15 is 0 Å². The summed E-state index contributed by atoms with van der Waals surface area (Å²) in [5.41, 5.74) is -1.98. The molecule has 446 valence electrons. The molecule has 0 aromatic carbocycles. The van der Waals surface area contributed by atoms with E-state index in [-0.39, 0.29) is 34.5 Å². The Bertz CT molecular complexity index is 2010. The van der Waals surface area contributed by atoms with Crippen LogP contribution in [0.1, 0.15) is 114 Å². The first-order valence-electron chi connectivity index (χ1n) is 27.9. The second-order valence-electron chi connectivity index (χ2n) is 25.8. The fourth-order valence-electron chi connectivity index (χ4n) is 15.6. The lowest BCUT2D eigenvalue weighted by atomic mass is 9.38. The largest absolute Gasteiger partial charge is 0.853 e. The highest BCUT2D eigenvalue weighted by atomic mass is 16.8. The van der Waals surface area contributed by atoms with Crippen LogP contribution < -0.4 is 5.11 Å². The van der Waals surface area contributed by atoms with Crippen molar-refractivity contribution < 1.29 is 114 Å². The summed E-state index contributed by atoms with van der Waals surface area (Å²) in [5.74, 6) is 0.334. The number of aliphatic hydroxyl groups is 14. The van der Waals surface area contributed by atoms with Crippen molar-refractivity contribution in [3.05, 3.63) is 11.6 Å². The number of hydrogen-bond acceptors (Lipinski definition) is 23. The Morgan fingerprint density at radius 1 is 0.662 bits per heavy atom. The maximum Gasteiger partial charge on any atom is 0.187 e. The van der Waals surface area contributed by atoms with Crippen LogP contribution in [0.15, 0.2) is 11.6 Å². The smallest absolute Gasteiger partial charge is 0.187 e. The van der Waals surface area contributed by atoms with E-state index in [0.29, 0.717) is 38.5 Å². The molecule has 4 aliphatic carbocycles. The van der Waals surface area contributed by atoms with Gasteiger partial charge in [-0.25, -0.2) is 0 Å². The molecule has 77 heavy (non-hydrogen) atoms. The van der Waals surface area contributed by atoms with Crippen molar-refractivity contribution in [2.45, 2.75) is 260 Å². The van der Waals surface area contributed by atoms with E-state index in [9.17, 15) is 76.6 Å². The van der Waals surface area contributed by atoms with E-state index in [4.69, 9.17) is 37.9 Å². The van der Waals surface area contributed by atoms with Gasteiger partial charge in [0.25, 0.3) is 0 Å². The van der Waals surface area contributed by atoms with Crippen LogP contribution in [0, 0.1) is 45.3 Å². The minimum absolute atomic E-state index is 0.0222. The Balaban J connectivity index is 0.935. The molecule has 4 saturated heterocycles. The predicted octanol–water partition coefficient (Wildman–Crippen LogP) is -2.84. The van der Waals surface area contributed by atoms with Crippen molar-refractivity contribution in [2.24, 2.45) is 45.3 Å². The summed E-state index contributed by atoms with van der Waals surface area (Å²) in [6.45, 7) is 15.8. The molecule has 0 aromatic rings. The van der Waals surface area contributed by atoms with Gasteiger partial charge in [0.05, 0.1) is 49.3 Å². The fraction of sp³-hybridized carbons (Fsp3) is 0.963. The van der Waals surface area contributed by atoms with E-state index < -0.39 is 177 Å². The zero-order chi connectivity index (χ0) is 56.8. The van der Waals surface area contributed by atoms with E-state index in [1.54, 1.807) is 13.8 Å². The highest BCUT2D eigenvalue weighted by molar-refractivity contribution is 5.32. The lowest BCUT2D eigenvalue weighted by molar-refractivity contribution is -0.415. The maximum atomic E-state index is 12.7. The Morgan fingerprint density at radius 2 is 1.23 bits per heavy atom. The van der Waals surface area contributed by atoms with Crippen LogP contribution in [0.2, 0.25) is 0 Å². The van der Waals surface area contributed by atoms with Gasteiger partial charge in [0.2, 0.25) is 0 Å². The average Bonchev–Trinajstić information content (AvgIpc) is 3.97. The third-order valence-electron chi connectivity index (χ3n) is 20.7. The Kier molecular flexibility index (Phi) is 18.6. The maximum absolute atomic E-state index is 12.7. The summed E-state index contributed by atoms with van der Waals surface area (Å²) in [6, 6.07) is 0. The van der Waals surface area contributed by atoms with E-state index in [0.717, 1.165) is 18.4 Å². The first-order chi connectivity index (χ1) is 35.9. The first-order valence-corrected chi connectivity index (χ1v) is 27.9. The quantitative estimate of drug-likeness (QED) is 0.0693. The number of hydrogen-bond donors (Lipinski definition) is 14. The third kappa shape index (κ3) is 10.9. The van der Waals surface area contributed by atoms with Gasteiger partial charge in [0, 0.05) is 10.8 Å². The second-order valence-corrected chi connectivity index (χ2v) is 25.8. The molecule has 4 heterocycles. The molecule has 23 nitrogen and oxygen atoms in total. The van der Waals surface area contributed by atoms with Crippen molar-refractivity contribution >= 4 is 0 Å². The molecule has 0 aromatic heterocycles. The molecule has 4 aliphatic heterocycles. The molecule has 0 radical (unpaired) electrons. The van der Waals surface area contributed by atoms with Crippen LogP contribution in [0.3, 0.4) is 0 Å². The minimum Gasteiger partial charge on any atom is -0.853 e. The van der Waals surface area contributed by atoms with E-state index in [2.05, 4.69) is 47.6 Å². The zero-order valence-electron chi connectivity index (χ0n) is 45.9. The average molecular weight is 1110 g/mol.